The van der Waals surface area contributed by atoms with Crippen LogP contribution in [0.4, 0.5) is 0 Å². The summed E-state index contributed by atoms with van der Waals surface area (Å²) < 4.78 is 6.30. The minimum absolute atomic E-state index is 0.158. The first-order valence-corrected chi connectivity index (χ1v) is 11.8. The highest BCUT2D eigenvalue weighted by molar-refractivity contribution is 8.01. The van der Waals surface area contributed by atoms with Crippen molar-refractivity contribution < 1.29 is 19.1 Å². The van der Waals surface area contributed by atoms with Crippen LogP contribution in [0.1, 0.15) is 58.1 Å². The zero-order valence-corrected chi connectivity index (χ0v) is 20.6. The topological polar surface area (TPSA) is 145 Å². The summed E-state index contributed by atoms with van der Waals surface area (Å²) >= 11 is 1.56. The van der Waals surface area contributed by atoms with Crippen molar-refractivity contribution in [2.75, 3.05) is 0 Å². The third-order valence-electron chi connectivity index (χ3n) is 5.91. The van der Waals surface area contributed by atoms with Crippen molar-refractivity contribution in [1.82, 2.24) is 30.4 Å². The highest BCUT2D eigenvalue weighted by Crippen LogP contribution is 2.56. The molecule has 1 aromatic carbocycles. The van der Waals surface area contributed by atoms with Crippen molar-refractivity contribution in [2.45, 2.75) is 69.6 Å². The molecule has 182 valence electrons. The van der Waals surface area contributed by atoms with Gasteiger partial charge in [-0.25, -0.2) is 0 Å². The van der Waals surface area contributed by atoms with E-state index in [1.54, 1.807) is 49.6 Å². The molecule has 0 aliphatic carbocycles. The molecule has 4 rings (SSSR count). The molecule has 2 aromatic rings. The van der Waals surface area contributed by atoms with Crippen LogP contribution in [0.5, 0.6) is 0 Å². The van der Waals surface area contributed by atoms with Crippen molar-refractivity contribution in [1.29, 1.82) is 0 Å². The number of esters is 1. The first-order valence-electron chi connectivity index (χ1n) is 11.0. The van der Waals surface area contributed by atoms with E-state index in [1.165, 1.54) is 4.68 Å². The number of ether oxygens (including phenoxy) is 1. The fraction of sp³-hybridized carbons (Fsp3) is 0.545. The Bertz CT molecular complexity index is 1100. The van der Waals surface area contributed by atoms with Crippen molar-refractivity contribution in [2.24, 2.45) is 11.1 Å². The predicted octanol–water partition coefficient (Wildman–Crippen LogP) is 1.14. The second-order valence-electron chi connectivity index (χ2n) is 9.98. The van der Waals surface area contributed by atoms with Gasteiger partial charge in [-0.15, -0.1) is 16.9 Å². The van der Waals surface area contributed by atoms with Crippen molar-refractivity contribution in [3.05, 3.63) is 41.7 Å². The number of rotatable bonds is 6. The number of thioether (sulfide) groups is 1. The third-order valence-corrected chi connectivity index (χ3v) is 7.49. The normalized spacial score (nSPS) is 24.2. The molecule has 12 heteroatoms. The van der Waals surface area contributed by atoms with Gasteiger partial charge in [0.1, 0.15) is 23.5 Å². The molecule has 1 aromatic heterocycles. The fourth-order valence-corrected chi connectivity index (χ4v) is 5.68. The van der Waals surface area contributed by atoms with E-state index in [2.05, 4.69) is 20.8 Å². The largest absolute Gasteiger partial charge is 0.442 e. The van der Waals surface area contributed by atoms with Gasteiger partial charge in [0.15, 0.2) is 12.6 Å². The van der Waals surface area contributed by atoms with Crippen molar-refractivity contribution >= 4 is 29.5 Å². The maximum Gasteiger partial charge on any atom is 0.313 e. The van der Waals surface area contributed by atoms with E-state index < -0.39 is 34.2 Å². The van der Waals surface area contributed by atoms with Crippen LogP contribution >= 0.6 is 11.8 Å². The smallest absolute Gasteiger partial charge is 0.313 e. The molecule has 2 amide bonds. The number of nitrogens with zero attached hydrogens (tertiary/aromatic N) is 5. The highest BCUT2D eigenvalue weighted by Gasteiger charge is 2.63. The van der Waals surface area contributed by atoms with Crippen molar-refractivity contribution in [3.63, 3.8) is 0 Å². The van der Waals surface area contributed by atoms with Gasteiger partial charge in [-0.2, -0.15) is 4.68 Å². The number of β-lactam (4-membered cyclic amide) rings is 1. The highest BCUT2D eigenvalue weighted by atomic mass is 32.2. The minimum atomic E-state index is -0.872. The summed E-state index contributed by atoms with van der Waals surface area (Å²) in [6.45, 7) is 9.09. The van der Waals surface area contributed by atoms with E-state index in [-0.39, 0.29) is 24.0 Å². The Hall–Kier alpha value is -2.99. The number of benzene rings is 1. The number of tetrazole rings is 1. The summed E-state index contributed by atoms with van der Waals surface area (Å²) in [7, 11) is 0. The molecular weight excluding hydrogens is 458 g/mol. The Labute approximate surface area is 201 Å². The van der Waals surface area contributed by atoms with Gasteiger partial charge in [0.2, 0.25) is 11.8 Å². The Morgan fingerprint density at radius 1 is 1.26 bits per heavy atom. The number of aromatic nitrogens is 4. The Balaban J connectivity index is 1.48. The molecule has 2 fully saturated rings. The van der Waals surface area contributed by atoms with Gasteiger partial charge in [-0.1, -0.05) is 30.3 Å². The average Bonchev–Trinajstić information content (AvgIpc) is 3.34. The Kier molecular flexibility index (Phi) is 6.15. The molecular formula is C22H29N7O4S. The van der Waals surface area contributed by atoms with E-state index in [4.69, 9.17) is 10.5 Å². The van der Waals surface area contributed by atoms with Crippen LogP contribution in [0, 0.1) is 5.41 Å². The molecule has 2 unspecified atom stereocenters. The summed E-state index contributed by atoms with van der Waals surface area (Å²) in [4.78, 5) is 39.7. The zero-order chi connectivity index (χ0) is 24.8. The first-order chi connectivity index (χ1) is 15.9. The number of hydrogen-bond acceptors (Lipinski definition) is 9. The molecule has 3 heterocycles. The van der Waals surface area contributed by atoms with Crippen LogP contribution in [0.2, 0.25) is 0 Å². The molecule has 0 radical (unpaired) electrons. The summed E-state index contributed by atoms with van der Waals surface area (Å²) in [5, 5.41) is 14.4. The van der Waals surface area contributed by atoms with Gasteiger partial charge in [0, 0.05) is 4.75 Å². The number of amides is 2. The minimum Gasteiger partial charge on any atom is -0.442 e. The van der Waals surface area contributed by atoms with Gasteiger partial charge >= 0.3 is 5.97 Å². The van der Waals surface area contributed by atoms with Gasteiger partial charge in [0.25, 0.3) is 0 Å². The Morgan fingerprint density at radius 2 is 1.94 bits per heavy atom. The van der Waals surface area contributed by atoms with Crippen LogP contribution in [0.3, 0.4) is 0 Å². The predicted molar refractivity (Wildman–Crippen MR) is 124 cm³/mol. The number of nitrogens with one attached hydrogen (secondary N) is 1. The SMILES string of the molecule is CC(C)(C)C(=O)OCn1nnnc1C1N2C(=O)C(NC(=O)[C@H](N)c3ccccc3)[C@H]2SC1(C)C. The molecule has 0 bridgehead atoms. The number of carbonyl (C=O) groups is 3. The van der Waals surface area contributed by atoms with Crippen molar-refractivity contribution in [3.8, 4) is 0 Å². The molecule has 2 aliphatic rings. The fourth-order valence-electron chi connectivity index (χ4n) is 4.05. The quantitative estimate of drug-likeness (QED) is 0.452. The summed E-state index contributed by atoms with van der Waals surface area (Å²) in [6.07, 6.45) is 0. The van der Waals surface area contributed by atoms with Crippen LogP contribution in [-0.2, 0) is 25.9 Å². The van der Waals surface area contributed by atoms with E-state index in [1.807, 2.05) is 32.0 Å². The number of hydrogen-bond donors (Lipinski definition) is 2. The maximum atomic E-state index is 13.1. The molecule has 0 saturated carbocycles. The van der Waals surface area contributed by atoms with Crippen LogP contribution in [0.15, 0.2) is 30.3 Å². The van der Waals surface area contributed by atoms with Gasteiger partial charge < -0.3 is 20.7 Å². The Morgan fingerprint density at radius 3 is 2.59 bits per heavy atom. The lowest BCUT2D eigenvalue weighted by atomic mass is 9.95. The summed E-state index contributed by atoms with van der Waals surface area (Å²) in [5.74, 6) is -0.613. The molecule has 34 heavy (non-hydrogen) atoms. The first kappa shape index (κ1) is 24.1. The number of fused-ring (bicyclic) bond motifs is 1. The monoisotopic (exact) mass is 487 g/mol. The maximum absolute atomic E-state index is 13.1. The van der Waals surface area contributed by atoms with E-state index in [0.717, 1.165) is 0 Å². The van der Waals surface area contributed by atoms with E-state index >= 15 is 0 Å². The summed E-state index contributed by atoms with van der Waals surface area (Å²) in [6, 6.07) is 6.97. The van der Waals surface area contributed by atoms with Gasteiger partial charge in [-0.05, 0) is 50.6 Å². The van der Waals surface area contributed by atoms with Gasteiger partial charge in [0.05, 0.1) is 5.41 Å². The molecule has 11 nitrogen and oxygen atoms in total. The summed E-state index contributed by atoms with van der Waals surface area (Å²) in [5.41, 5.74) is 6.10. The van der Waals surface area contributed by atoms with E-state index in [0.29, 0.717) is 11.4 Å². The lowest BCUT2D eigenvalue weighted by molar-refractivity contribution is -0.158. The molecule has 2 saturated heterocycles. The zero-order valence-electron chi connectivity index (χ0n) is 19.8. The lowest BCUT2D eigenvalue weighted by Gasteiger charge is -2.44. The average molecular weight is 488 g/mol. The second-order valence-corrected chi connectivity index (χ2v) is 11.8. The number of carbonyl (C=O) groups excluding carboxylic acids is 3. The van der Waals surface area contributed by atoms with E-state index in [9.17, 15) is 14.4 Å². The van der Waals surface area contributed by atoms with Crippen LogP contribution in [0.25, 0.3) is 0 Å². The lowest BCUT2D eigenvalue weighted by Crippen LogP contribution is -2.68. The molecule has 2 aliphatic heterocycles. The second kappa shape index (κ2) is 8.66. The third kappa shape index (κ3) is 4.27. The standard InChI is InChI=1S/C22H29N7O4S/c1-21(2,3)20(32)33-11-28-16(25-26-27-28)15-22(4,5)34-19-14(18(31)29(15)19)24-17(30)13(23)12-9-7-6-8-10-12/h6-10,13-15,19H,11,23H2,1-5H3,(H,24,30)/t13-,14?,15?,19-/m1/s1. The molecule has 0 spiro atoms. The molecule has 3 N–H and O–H groups in total. The number of nitrogens with two attached hydrogens (primary N) is 1. The molecule has 4 atom stereocenters. The van der Waals surface area contributed by atoms with Crippen LogP contribution in [-0.4, -0.2) is 59.1 Å². The van der Waals surface area contributed by atoms with Gasteiger partial charge in [-0.3, -0.25) is 14.4 Å². The van der Waals surface area contributed by atoms with Crippen LogP contribution < -0.4 is 11.1 Å².